The number of benzene rings is 2. The maximum absolute atomic E-state index is 12.5. The molecule has 128 valence electrons. The first-order valence-electron chi connectivity index (χ1n) is 8.26. The van der Waals surface area contributed by atoms with Gasteiger partial charge in [-0.05, 0) is 48.4 Å². The van der Waals surface area contributed by atoms with E-state index in [0.717, 1.165) is 27.9 Å². The Bertz CT molecular complexity index is 905. The Hall–Kier alpha value is -2.83. The number of aromatic nitrogens is 1. The quantitative estimate of drug-likeness (QED) is 0.591. The van der Waals surface area contributed by atoms with Gasteiger partial charge in [0.25, 0.3) is 0 Å². The Morgan fingerprint density at radius 1 is 1.16 bits per heavy atom. The van der Waals surface area contributed by atoms with Crippen LogP contribution in [0.1, 0.15) is 18.0 Å². The summed E-state index contributed by atoms with van der Waals surface area (Å²) in [5.74, 6) is 0.764. The highest BCUT2D eigenvalue weighted by atomic mass is 16.5. The molecule has 2 unspecified atom stereocenters. The van der Waals surface area contributed by atoms with Gasteiger partial charge in [0.2, 0.25) is 5.91 Å². The smallest absolute Gasteiger partial charge is 0.242 e. The molecule has 1 aliphatic heterocycles. The van der Waals surface area contributed by atoms with E-state index >= 15 is 0 Å². The van der Waals surface area contributed by atoms with Crippen LogP contribution in [0.4, 0.5) is 5.69 Å². The number of hydrogen-bond acceptors (Lipinski definition) is 4. The van der Waals surface area contributed by atoms with Crippen LogP contribution < -0.4 is 20.9 Å². The molecule has 1 saturated heterocycles. The SMILES string of the molecule is COc1cccc(C2CC(C(=O)Nc3ccc4[nH]ccc4c3)NN2)c1. The lowest BCUT2D eigenvalue weighted by Crippen LogP contribution is -2.39. The average molecular weight is 336 g/mol. The van der Waals surface area contributed by atoms with E-state index < -0.39 is 0 Å². The molecule has 2 heterocycles. The molecule has 0 bridgehead atoms. The molecule has 0 saturated carbocycles. The normalized spacial score (nSPS) is 19.9. The number of H-pyrrole nitrogens is 1. The zero-order valence-electron chi connectivity index (χ0n) is 13.9. The van der Waals surface area contributed by atoms with Gasteiger partial charge >= 0.3 is 0 Å². The molecule has 6 heteroatoms. The summed E-state index contributed by atoms with van der Waals surface area (Å²) in [4.78, 5) is 15.7. The van der Waals surface area contributed by atoms with Gasteiger partial charge in [-0.25, -0.2) is 10.9 Å². The minimum atomic E-state index is -0.293. The molecule has 2 atom stereocenters. The molecule has 1 aromatic heterocycles. The molecule has 1 amide bonds. The standard InChI is InChI=1S/C19H20N4O2/c1-25-15-4-2-3-12(10-15)17-11-18(23-22-17)19(24)21-14-5-6-16-13(9-14)7-8-20-16/h2-10,17-18,20,22-23H,11H2,1H3,(H,21,24). The monoisotopic (exact) mass is 336 g/mol. The molecule has 1 fully saturated rings. The zero-order valence-corrected chi connectivity index (χ0v) is 13.9. The highest BCUT2D eigenvalue weighted by Gasteiger charge is 2.30. The van der Waals surface area contributed by atoms with Gasteiger partial charge in [-0.1, -0.05) is 12.1 Å². The number of fused-ring (bicyclic) bond motifs is 1. The molecular formula is C19H20N4O2. The zero-order chi connectivity index (χ0) is 17.2. The number of nitrogens with one attached hydrogen (secondary N) is 4. The number of hydrogen-bond donors (Lipinski definition) is 4. The summed E-state index contributed by atoms with van der Waals surface area (Å²) in [6.07, 6.45) is 2.56. The third-order valence-electron chi connectivity index (χ3n) is 4.54. The van der Waals surface area contributed by atoms with Crippen molar-refractivity contribution in [1.82, 2.24) is 15.8 Å². The van der Waals surface area contributed by atoms with Crippen LogP contribution in [0.3, 0.4) is 0 Å². The van der Waals surface area contributed by atoms with Crippen LogP contribution in [0.15, 0.2) is 54.7 Å². The molecule has 1 aliphatic rings. The summed E-state index contributed by atoms with van der Waals surface area (Å²) in [5.41, 5.74) is 9.22. The van der Waals surface area contributed by atoms with Gasteiger partial charge in [-0.2, -0.15) is 0 Å². The van der Waals surface area contributed by atoms with Crippen LogP contribution in [0.2, 0.25) is 0 Å². The fraction of sp³-hybridized carbons (Fsp3) is 0.211. The van der Waals surface area contributed by atoms with Gasteiger partial charge in [-0.15, -0.1) is 0 Å². The number of carbonyl (C=O) groups is 1. The number of anilines is 1. The number of amides is 1. The Balaban J connectivity index is 1.42. The summed E-state index contributed by atoms with van der Waals surface area (Å²) in [7, 11) is 1.65. The topological polar surface area (TPSA) is 78.2 Å². The maximum Gasteiger partial charge on any atom is 0.242 e. The van der Waals surface area contributed by atoms with Gasteiger partial charge in [0, 0.05) is 28.8 Å². The molecule has 0 aliphatic carbocycles. The van der Waals surface area contributed by atoms with E-state index in [9.17, 15) is 4.79 Å². The van der Waals surface area contributed by atoms with Crippen molar-refractivity contribution in [2.24, 2.45) is 0 Å². The average Bonchev–Trinajstić information content (AvgIpc) is 3.31. The fourth-order valence-corrected chi connectivity index (χ4v) is 3.17. The highest BCUT2D eigenvalue weighted by Crippen LogP contribution is 2.26. The van der Waals surface area contributed by atoms with Crippen LogP contribution in [0, 0.1) is 0 Å². The second-order valence-electron chi connectivity index (χ2n) is 6.18. The first-order chi connectivity index (χ1) is 12.2. The predicted molar refractivity (Wildman–Crippen MR) is 97.3 cm³/mol. The largest absolute Gasteiger partial charge is 0.497 e. The van der Waals surface area contributed by atoms with Crippen molar-refractivity contribution in [3.05, 3.63) is 60.3 Å². The second kappa shape index (κ2) is 6.58. The summed E-state index contributed by atoms with van der Waals surface area (Å²) in [6, 6.07) is 15.5. The Labute approximate surface area is 145 Å². The van der Waals surface area contributed by atoms with Crippen LogP contribution in [-0.2, 0) is 4.79 Å². The Morgan fingerprint density at radius 3 is 2.96 bits per heavy atom. The summed E-state index contributed by atoms with van der Waals surface area (Å²) in [5, 5.41) is 4.05. The van der Waals surface area contributed by atoms with Crippen molar-refractivity contribution < 1.29 is 9.53 Å². The van der Waals surface area contributed by atoms with E-state index in [-0.39, 0.29) is 18.0 Å². The van der Waals surface area contributed by atoms with E-state index in [2.05, 4.69) is 21.2 Å². The molecule has 6 nitrogen and oxygen atoms in total. The number of carbonyl (C=O) groups excluding carboxylic acids is 1. The lowest BCUT2D eigenvalue weighted by molar-refractivity contribution is -0.117. The summed E-state index contributed by atoms with van der Waals surface area (Å²) < 4.78 is 5.27. The predicted octanol–water partition coefficient (Wildman–Crippen LogP) is 2.72. The molecule has 4 N–H and O–H groups in total. The van der Waals surface area contributed by atoms with E-state index in [0.29, 0.717) is 6.42 Å². The maximum atomic E-state index is 12.5. The van der Waals surface area contributed by atoms with E-state index in [1.165, 1.54) is 0 Å². The minimum Gasteiger partial charge on any atom is -0.497 e. The van der Waals surface area contributed by atoms with Crippen molar-refractivity contribution in [3.63, 3.8) is 0 Å². The third kappa shape index (κ3) is 3.22. The Kier molecular flexibility index (Phi) is 4.13. The van der Waals surface area contributed by atoms with Gasteiger partial charge in [0.05, 0.1) is 7.11 Å². The van der Waals surface area contributed by atoms with Crippen molar-refractivity contribution in [3.8, 4) is 5.75 Å². The number of rotatable bonds is 4. The summed E-state index contributed by atoms with van der Waals surface area (Å²) >= 11 is 0. The number of hydrazine groups is 1. The number of ether oxygens (including phenoxy) is 1. The molecular weight excluding hydrogens is 316 g/mol. The molecule has 0 radical (unpaired) electrons. The highest BCUT2D eigenvalue weighted by molar-refractivity contribution is 5.97. The van der Waals surface area contributed by atoms with Gasteiger partial charge in [0.1, 0.15) is 11.8 Å². The van der Waals surface area contributed by atoms with Crippen LogP contribution in [-0.4, -0.2) is 24.0 Å². The molecule has 0 spiro atoms. The lowest BCUT2D eigenvalue weighted by Gasteiger charge is -2.11. The first-order valence-corrected chi connectivity index (χ1v) is 8.26. The van der Waals surface area contributed by atoms with Gasteiger partial charge < -0.3 is 15.0 Å². The third-order valence-corrected chi connectivity index (χ3v) is 4.54. The van der Waals surface area contributed by atoms with Gasteiger partial charge in [-0.3, -0.25) is 4.79 Å². The molecule has 3 aromatic rings. The molecule has 2 aromatic carbocycles. The molecule has 25 heavy (non-hydrogen) atoms. The van der Waals surface area contributed by atoms with Crippen LogP contribution in [0.25, 0.3) is 10.9 Å². The van der Waals surface area contributed by atoms with Crippen molar-refractivity contribution in [1.29, 1.82) is 0 Å². The summed E-state index contributed by atoms with van der Waals surface area (Å²) in [6.45, 7) is 0. The van der Waals surface area contributed by atoms with Crippen molar-refractivity contribution >= 4 is 22.5 Å². The van der Waals surface area contributed by atoms with E-state index in [1.807, 2.05) is 54.7 Å². The van der Waals surface area contributed by atoms with Crippen LogP contribution >= 0.6 is 0 Å². The first kappa shape index (κ1) is 15.7. The van der Waals surface area contributed by atoms with Crippen molar-refractivity contribution in [2.45, 2.75) is 18.5 Å². The fourth-order valence-electron chi connectivity index (χ4n) is 3.17. The van der Waals surface area contributed by atoms with E-state index in [4.69, 9.17) is 4.74 Å². The lowest BCUT2D eigenvalue weighted by atomic mass is 10.0. The van der Waals surface area contributed by atoms with Gasteiger partial charge in [0.15, 0.2) is 0 Å². The van der Waals surface area contributed by atoms with Crippen molar-refractivity contribution in [2.75, 3.05) is 12.4 Å². The minimum absolute atomic E-state index is 0.0484. The molecule has 4 rings (SSSR count). The van der Waals surface area contributed by atoms with E-state index in [1.54, 1.807) is 7.11 Å². The Morgan fingerprint density at radius 2 is 2.08 bits per heavy atom. The number of aromatic amines is 1. The second-order valence-corrected chi connectivity index (χ2v) is 6.18. The van der Waals surface area contributed by atoms with Crippen LogP contribution in [0.5, 0.6) is 5.75 Å². The number of methoxy groups -OCH3 is 1.